The van der Waals surface area contributed by atoms with Gasteiger partial charge in [0.1, 0.15) is 12.2 Å². The highest BCUT2D eigenvalue weighted by molar-refractivity contribution is 7.89. The quantitative estimate of drug-likeness (QED) is 0.480. The van der Waals surface area contributed by atoms with Crippen LogP contribution < -0.4 is 15.8 Å². The largest absolute Gasteiger partial charge is 0.417 e. The predicted octanol–water partition coefficient (Wildman–Crippen LogP) is 3.03. The summed E-state index contributed by atoms with van der Waals surface area (Å²) in [5.41, 5.74) is 1.64. The lowest BCUT2D eigenvalue weighted by Crippen LogP contribution is -2.65. The van der Waals surface area contributed by atoms with E-state index in [9.17, 15) is 35.6 Å². The molecule has 4 aliphatic rings. The van der Waals surface area contributed by atoms with Crippen LogP contribution in [0.4, 0.5) is 17.6 Å². The Kier molecular flexibility index (Phi) is 6.23. The van der Waals surface area contributed by atoms with Crippen LogP contribution in [0.2, 0.25) is 0 Å². The average Bonchev–Trinajstić information content (AvgIpc) is 2.73. The molecule has 2 amide bonds. The fourth-order valence-electron chi connectivity index (χ4n) is 6.44. The number of carbonyl (C=O) groups is 2. The molecular formula is C23H29F4N3O4S. The van der Waals surface area contributed by atoms with Crippen LogP contribution in [0.3, 0.4) is 0 Å². The first-order valence-electron chi connectivity index (χ1n) is 11.5. The first-order valence-corrected chi connectivity index (χ1v) is 13.0. The van der Waals surface area contributed by atoms with Gasteiger partial charge in [-0.3, -0.25) is 9.59 Å². The number of alkyl halides is 4. The van der Waals surface area contributed by atoms with Gasteiger partial charge in [-0.25, -0.2) is 12.8 Å². The maximum Gasteiger partial charge on any atom is 0.417 e. The Morgan fingerprint density at radius 3 is 2.23 bits per heavy atom. The Balaban J connectivity index is 1.54. The van der Waals surface area contributed by atoms with E-state index in [0.717, 1.165) is 25.3 Å². The lowest BCUT2D eigenvalue weighted by Gasteiger charge is -2.59. The van der Waals surface area contributed by atoms with Crippen molar-refractivity contribution < 1.29 is 35.6 Å². The molecule has 7 nitrogen and oxygen atoms in total. The minimum absolute atomic E-state index is 0.0168. The van der Waals surface area contributed by atoms with Crippen molar-refractivity contribution in [2.24, 2.45) is 28.9 Å². The second-order valence-electron chi connectivity index (χ2n) is 10.8. The van der Waals surface area contributed by atoms with Gasteiger partial charge < -0.3 is 11.1 Å². The number of hydrogen-bond acceptors (Lipinski definition) is 4. The molecule has 1 aromatic carbocycles. The van der Waals surface area contributed by atoms with E-state index < -0.39 is 50.2 Å². The third kappa shape index (κ3) is 4.66. The van der Waals surface area contributed by atoms with Crippen molar-refractivity contribution in [2.75, 3.05) is 0 Å². The minimum atomic E-state index is -5.00. The van der Waals surface area contributed by atoms with Crippen LogP contribution in [0.25, 0.3) is 0 Å². The standard InChI is InChI=1S/C23H29F4N3O4S/c1-21(2,30-35(33,34)17-7-12(11-24)3-4-16(17)23(25,26)27)20(32)29-18-14-5-13-6-15(18)10-22(8-13,9-14)19(28)31/h3-4,7,13-15,18,30H,5-6,8-11H2,1-2H3,(H2,28,31)(H,29,32). The number of nitrogens with two attached hydrogens (primary N) is 1. The first kappa shape index (κ1) is 25.9. The van der Waals surface area contributed by atoms with Crippen molar-refractivity contribution >= 4 is 21.8 Å². The third-order valence-electron chi connectivity index (χ3n) is 7.85. The molecule has 4 fully saturated rings. The molecule has 0 aliphatic heterocycles. The number of nitrogens with one attached hydrogen (secondary N) is 2. The van der Waals surface area contributed by atoms with Crippen LogP contribution in [0.1, 0.15) is 57.1 Å². The molecule has 5 rings (SSSR count). The van der Waals surface area contributed by atoms with Crippen LogP contribution >= 0.6 is 0 Å². The van der Waals surface area contributed by atoms with Crippen LogP contribution in [-0.2, 0) is 32.5 Å². The Hall–Kier alpha value is -2.21. The van der Waals surface area contributed by atoms with E-state index in [1.807, 2.05) is 0 Å². The van der Waals surface area contributed by atoms with E-state index in [4.69, 9.17) is 5.73 Å². The molecule has 0 heterocycles. The molecule has 0 radical (unpaired) electrons. The second-order valence-corrected chi connectivity index (χ2v) is 12.5. The summed E-state index contributed by atoms with van der Waals surface area (Å²) in [5, 5.41) is 2.90. The van der Waals surface area contributed by atoms with Crippen molar-refractivity contribution in [1.29, 1.82) is 0 Å². The zero-order valence-electron chi connectivity index (χ0n) is 19.4. The van der Waals surface area contributed by atoms with Gasteiger partial charge in [0.2, 0.25) is 21.8 Å². The maximum atomic E-state index is 13.5. The molecule has 4 aliphatic carbocycles. The molecule has 2 unspecified atom stereocenters. The number of benzene rings is 1. The minimum Gasteiger partial charge on any atom is -0.369 e. The summed E-state index contributed by atoms with van der Waals surface area (Å²) in [5.74, 6) is -0.637. The summed E-state index contributed by atoms with van der Waals surface area (Å²) in [4.78, 5) is 24.2. The predicted molar refractivity (Wildman–Crippen MR) is 118 cm³/mol. The molecule has 12 heteroatoms. The van der Waals surface area contributed by atoms with Crippen LogP contribution in [0, 0.1) is 23.2 Å². The van der Waals surface area contributed by atoms with E-state index in [1.165, 1.54) is 13.8 Å². The number of rotatable bonds is 7. The second kappa shape index (κ2) is 8.43. The molecule has 2 atom stereocenters. The normalized spacial score (nSPS) is 30.3. The van der Waals surface area contributed by atoms with E-state index in [2.05, 4.69) is 10.0 Å². The van der Waals surface area contributed by atoms with Gasteiger partial charge in [0.15, 0.2) is 0 Å². The SMILES string of the molecule is CC(C)(NS(=O)(=O)c1cc(CF)ccc1C(F)(F)F)C(=O)NC1C2CC3CC1CC(C(N)=O)(C3)C2. The highest BCUT2D eigenvalue weighted by Crippen LogP contribution is 2.60. The topological polar surface area (TPSA) is 118 Å². The number of amides is 2. The lowest BCUT2D eigenvalue weighted by atomic mass is 9.47. The van der Waals surface area contributed by atoms with Crippen molar-refractivity contribution in [3.63, 3.8) is 0 Å². The smallest absolute Gasteiger partial charge is 0.369 e. The van der Waals surface area contributed by atoms with Crippen LogP contribution in [0.15, 0.2) is 23.1 Å². The fourth-order valence-corrected chi connectivity index (χ4v) is 8.09. The molecule has 4 N–H and O–H groups in total. The molecule has 1 aromatic rings. The van der Waals surface area contributed by atoms with Gasteiger partial charge in [-0.15, -0.1) is 0 Å². The lowest BCUT2D eigenvalue weighted by molar-refractivity contribution is -0.148. The number of primary amides is 1. The van der Waals surface area contributed by atoms with Gasteiger partial charge in [-0.2, -0.15) is 17.9 Å². The molecule has 4 bridgehead atoms. The number of hydrogen-bond donors (Lipinski definition) is 3. The van der Waals surface area contributed by atoms with E-state index in [0.29, 0.717) is 30.9 Å². The van der Waals surface area contributed by atoms with Gasteiger partial charge in [0, 0.05) is 11.5 Å². The summed E-state index contributed by atoms with van der Waals surface area (Å²) < 4.78 is 81.5. The number of sulfonamides is 1. The highest BCUT2D eigenvalue weighted by atomic mass is 32.2. The fraction of sp³-hybridized carbons (Fsp3) is 0.652. The zero-order valence-corrected chi connectivity index (χ0v) is 20.2. The number of carbonyl (C=O) groups excluding carboxylic acids is 2. The molecule has 0 saturated heterocycles. The third-order valence-corrected chi connectivity index (χ3v) is 9.54. The van der Waals surface area contributed by atoms with Crippen molar-refractivity contribution in [3.05, 3.63) is 29.3 Å². The van der Waals surface area contributed by atoms with Gasteiger partial charge in [0.05, 0.1) is 10.5 Å². The van der Waals surface area contributed by atoms with E-state index in [1.54, 1.807) is 0 Å². The van der Waals surface area contributed by atoms with E-state index in [-0.39, 0.29) is 29.3 Å². The van der Waals surface area contributed by atoms with Crippen molar-refractivity contribution in [1.82, 2.24) is 10.0 Å². The number of halogens is 4. The molecule has 0 aromatic heterocycles. The molecule has 4 saturated carbocycles. The van der Waals surface area contributed by atoms with E-state index >= 15 is 0 Å². The van der Waals surface area contributed by atoms with Gasteiger partial charge in [0.25, 0.3) is 0 Å². The summed E-state index contributed by atoms with van der Waals surface area (Å²) in [6.45, 7) is 1.36. The Morgan fingerprint density at radius 1 is 1.11 bits per heavy atom. The molecule has 35 heavy (non-hydrogen) atoms. The van der Waals surface area contributed by atoms with Crippen LogP contribution in [0.5, 0.6) is 0 Å². The Bertz CT molecular complexity index is 1140. The Labute approximate surface area is 201 Å². The molecule has 0 spiro atoms. The maximum absolute atomic E-state index is 13.5. The van der Waals surface area contributed by atoms with Crippen molar-refractivity contribution in [3.8, 4) is 0 Å². The first-order chi connectivity index (χ1) is 16.1. The molecular weight excluding hydrogens is 490 g/mol. The summed E-state index contributed by atoms with van der Waals surface area (Å²) >= 11 is 0. The highest BCUT2D eigenvalue weighted by Gasteiger charge is 2.58. The summed E-state index contributed by atoms with van der Waals surface area (Å²) in [7, 11) is -4.85. The zero-order chi connectivity index (χ0) is 26.0. The van der Waals surface area contributed by atoms with Gasteiger partial charge >= 0.3 is 6.18 Å². The van der Waals surface area contributed by atoms with Gasteiger partial charge in [-0.05, 0) is 81.4 Å². The Morgan fingerprint density at radius 2 is 1.71 bits per heavy atom. The molecule has 194 valence electrons. The monoisotopic (exact) mass is 519 g/mol. The van der Waals surface area contributed by atoms with Crippen LogP contribution in [-0.4, -0.2) is 31.8 Å². The summed E-state index contributed by atoms with van der Waals surface area (Å²) in [6, 6.07) is 1.72. The van der Waals surface area contributed by atoms with Crippen molar-refractivity contribution in [2.45, 2.75) is 75.3 Å². The van der Waals surface area contributed by atoms with Gasteiger partial charge in [-0.1, -0.05) is 6.07 Å². The summed E-state index contributed by atoms with van der Waals surface area (Å²) in [6.07, 6.45) is -1.49. The average molecular weight is 520 g/mol.